The quantitative estimate of drug-likeness (QED) is 0.897. The molecule has 1 fully saturated rings. The molecule has 0 aromatic heterocycles. The number of anilines is 1. The van der Waals surface area contributed by atoms with Crippen molar-refractivity contribution in [3.63, 3.8) is 0 Å². The van der Waals surface area contributed by atoms with Crippen LogP contribution in [0.4, 0.5) is 5.69 Å². The van der Waals surface area contributed by atoms with Gasteiger partial charge in [0.1, 0.15) is 0 Å². The van der Waals surface area contributed by atoms with Crippen LogP contribution in [0, 0.1) is 0 Å². The van der Waals surface area contributed by atoms with Crippen molar-refractivity contribution in [3.05, 3.63) is 27.2 Å². The van der Waals surface area contributed by atoms with E-state index in [0.29, 0.717) is 33.7 Å². The Morgan fingerprint density at radius 3 is 2.47 bits per heavy atom. The number of hydrogen-bond acceptors (Lipinski definition) is 2. The summed E-state index contributed by atoms with van der Waals surface area (Å²) < 4.78 is 0. The number of halogens is 3. The van der Waals surface area contributed by atoms with Gasteiger partial charge in [-0.2, -0.15) is 0 Å². The van der Waals surface area contributed by atoms with E-state index in [2.05, 4.69) is 10.6 Å². The Hall–Kier alpha value is -0.640. The van der Waals surface area contributed by atoms with Crippen LogP contribution in [0.25, 0.3) is 0 Å². The standard InChI is InChI=1S/C11H11Cl3N2O/c12-6-3-8(13)11(9(14)4-6)15-5-7-1-2-10(17)16-7/h3-4,7,15H,1-2,5H2,(H,16,17). The van der Waals surface area contributed by atoms with Gasteiger partial charge in [0, 0.05) is 24.0 Å². The Kier molecular flexibility index (Phi) is 4.02. The summed E-state index contributed by atoms with van der Waals surface area (Å²) in [6.45, 7) is 0.604. The Labute approximate surface area is 114 Å². The van der Waals surface area contributed by atoms with Crippen LogP contribution in [-0.4, -0.2) is 18.5 Å². The number of benzene rings is 1. The summed E-state index contributed by atoms with van der Waals surface area (Å²) in [5.41, 5.74) is 0.652. The van der Waals surface area contributed by atoms with E-state index in [1.165, 1.54) is 0 Å². The van der Waals surface area contributed by atoms with Gasteiger partial charge in [-0.1, -0.05) is 34.8 Å². The minimum Gasteiger partial charge on any atom is -0.381 e. The highest BCUT2D eigenvalue weighted by atomic mass is 35.5. The van der Waals surface area contributed by atoms with Crippen molar-refractivity contribution in [2.24, 2.45) is 0 Å². The highest BCUT2D eigenvalue weighted by molar-refractivity contribution is 6.41. The maximum Gasteiger partial charge on any atom is 0.220 e. The van der Waals surface area contributed by atoms with Crippen LogP contribution in [0.3, 0.4) is 0 Å². The van der Waals surface area contributed by atoms with Crippen molar-refractivity contribution < 1.29 is 4.79 Å². The van der Waals surface area contributed by atoms with Crippen molar-refractivity contribution in [1.82, 2.24) is 5.32 Å². The number of carbonyl (C=O) groups excluding carboxylic acids is 1. The molecule has 1 aliphatic rings. The second kappa shape index (κ2) is 5.34. The molecular formula is C11H11Cl3N2O. The first-order chi connectivity index (χ1) is 8.06. The molecule has 0 saturated carbocycles. The van der Waals surface area contributed by atoms with Crippen molar-refractivity contribution in [2.75, 3.05) is 11.9 Å². The lowest BCUT2D eigenvalue weighted by Crippen LogP contribution is -2.31. The molecule has 1 aromatic carbocycles. The molecular weight excluding hydrogens is 282 g/mol. The minimum atomic E-state index is 0.0881. The third kappa shape index (κ3) is 3.18. The molecule has 2 rings (SSSR count). The topological polar surface area (TPSA) is 41.1 Å². The third-order valence-corrected chi connectivity index (χ3v) is 3.43. The van der Waals surface area contributed by atoms with Gasteiger partial charge in [-0.3, -0.25) is 4.79 Å². The Morgan fingerprint density at radius 2 is 1.94 bits per heavy atom. The van der Waals surface area contributed by atoms with Gasteiger partial charge in [0.05, 0.1) is 15.7 Å². The lowest BCUT2D eigenvalue weighted by Gasteiger charge is -2.14. The number of amides is 1. The van der Waals surface area contributed by atoms with E-state index in [1.807, 2.05) is 0 Å². The summed E-state index contributed by atoms with van der Waals surface area (Å²) in [6.07, 6.45) is 1.41. The van der Waals surface area contributed by atoms with Gasteiger partial charge >= 0.3 is 0 Å². The maximum absolute atomic E-state index is 11.0. The zero-order valence-corrected chi connectivity index (χ0v) is 11.2. The van der Waals surface area contributed by atoms with Crippen LogP contribution in [0.15, 0.2) is 12.1 Å². The molecule has 6 heteroatoms. The molecule has 0 bridgehead atoms. The summed E-state index contributed by atoms with van der Waals surface area (Å²) in [5, 5.41) is 7.45. The SMILES string of the molecule is O=C1CCC(CNc2c(Cl)cc(Cl)cc2Cl)N1. The Bertz CT molecular complexity index is 427. The average Bonchev–Trinajstić information content (AvgIpc) is 2.62. The molecule has 17 heavy (non-hydrogen) atoms. The summed E-state index contributed by atoms with van der Waals surface area (Å²) in [6, 6.07) is 3.39. The monoisotopic (exact) mass is 292 g/mol. The van der Waals surface area contributed by atoms with Crippen molar-refractivity contribution in [3.8, 4) is 0 Å². The normalized spacial score (nSPS) is 19.2. The second-order valence-electron chi connectivity index (χ2n) is 3.93. The fraction of sp³-hybridized carbons (Fsp3) is 0.364. The zero-order chi connectivity index (χ0) is 12.4. The van der Waals surface area contributed by atoms with Gasteiger partial charge in [0.25, 0.3) is 0 Å². The Balaban J connectivity index is 2.01. The molecule has 1 atom stereocenters. The van der Waals surface area contributed by atoms with Crippen molar-refractivity contribution >= 4 is 46.4 Å². The van der Waals surface area contributed by atoms with Crippen LogP contribution >= 0.6 is 34.8 Å². The lowest BCUT2D eigenvalue weighted by atomic mass is 10.2. The second-order valence-corrected chi connectivity index (χ2v) is 5.18. The molecule has 0 aliphatic carbocycles. The van der Waals surface area contributed by atoms with Crippen LogP contribution < -0.4 is 10.6 Å². The van der Waals surface area contributed by atoms with E-state index in [0.717, 1.165) is 6.42 Å². The Morgan fingerprint density at radius 1 is 1.29 bits per heavy atom. The lowest BCUT2D eigenvalue weighted by molar-refractivity contribution is -0.119. The molecule has 92 valence electrons. The van der Waals surface area contributed by atoms with E-state index < -0.39 is 0 Å². The van der Waals surface area contributed by atoms with E-state index in [-0.39, 0.29) is 11.9 Å². The number of hydrogen-bond donors (Lipinski definition) is 2. The zero-order valence-electron chi connectivity index (χ0n) is 8.90. The van der Waals surface area contributed by atoms with Gasteiger partial charge in [-0.05, 0) is 18.6 Å². The highest BCUT2D eigenvalue weighted by Crippen LogP contribution is 2.33. The number of carbonyl (C=O) groups is 1. The van der Waals surface area contributed by atoms with E-state index in [4.69, 9.17) is 34.8 Å². The van der Waals surface area contributed by atoms with Gasteiger partial charge in [0.2, 0.25) is 5.91 Å². The van der Waals surface area contributed by atoms with Crippen LogP contribution in [0.2, 0.25) is 15.1 Å². The average molecular weight is 294 g/mol. The molecule has 0 spiro atoms. The highest BCUT2D eigenvalue weighted by Gasteiger charge is 2.20. The van der Waals surface area contributed by atoms with E-state index in [1.54, 1.807) is 12.1 Å². The fourth-order valence-electron chi connectivity index (χ4n) is 1.77. The summed E-state index contributed by atoms with van der Waals surface area (Å²) in [4.78, 5) is 11.0. The van der Waals surface area contributed by atoms with E-state index >= 15 is 0 Å². The largest absolute Gasteiger partial charge is 0.381 e. The van der Waals surface area contributed by atoms with Gasteiger partial charge in [-0.25, -0.2) is 0 Å². The molecule has 1 aliphatic heterocycles. The fourth-order valence-corrected chi connectivity index (χ4v) is 2.72. The molecule has 3 nitrogen and oxygen atoms in total. The van der Waals surface area contributed by atoms with Gasteiger partial charge in [0.15, 0.2) is 0 Å². The molecule has 2 N–H and O–H groups in total. The molecule has 1 heterocycles. The summed E-state index contributed by atoms with van der Waals surface area (Å²) in [5.74, 6) is 0.0881. The molecule has 0 radical (unpaired) electrons. The van der Waals surface area contributed by atoms with Gasteiger partial charge in [-0.15, -0.1) is 0 Å². The predicted octanol–water partition coefficient (Wildman–Crippen LogP) is 3.34. The molecule has 1 saturated heterocycles. The molecule has 1 unspecified atom stereocenters. The summed E-state index contributed by atoms with van der Waals surface area (Å²) in [7, 11) is 0. The van der Waals surface area contributed by atoms with Crippen LogP contribution in [-0.2, 0) is 4.79 Å². The number of rotatable bonds is 3. The molecule has 1 amide bonds. The first kappa shape index (κ1) is 12.8. The third-order valence-electron chi connectivity index (χ3n) is 2.62. The van der Waals surface area contributed by atoms with Crippen LogP contribution in [0.1, 0.15) is 12.8 Å². The number of nitrogens with one attached hydrogen (secondary N) is 2. The summed E-state index contributed by atoms with van der Waals surface area (Å²) >= 11 is 17.9. The smallest absolute Gasteiger partial charge is 0.220 e. The predicted molar refractivity (Wildman–Crippen MR) is 71.1 cm³/mol. The van der Waals surface area contributed by atoms with Crippen molar-refractivity contribution in [1.29, 1.82) is 0 Å². The van der Waals surface area contributed by atoms with E-state index in [9.17, 15) is 4.79 Å². The van der Waals surface area contributed by atoms with Crippen LogP contribution in [0.5, 0.6) is 0 Å². The molecule has 1 aromatic rings. The first-order valence-corrected chi connectivity index (χ1v) is 6.37. The van der Waals surface area contributed by atoms with Gasteiger partial charge < -0.3 is 10.6 Å². The maximum atomic E-state index is 11.0. The minimum absolute atomic E-state index is 0.0881. The van der Waals surface area contributed by atoms with Crippen molar-refractivity contribution in [2.45, 2.75) is 18.9 Å². The first-order valence-electron chi connectivity index (χ1n) is 5.24.